The van der Waals surface area contributed by atoms with Crippen molar-refractivity contribution in [1.82, 2.24) is 29.5 Å². The number of likely N-dealkylation sites (tertiary alicyclic amines) is 1. The fourth-order valence-electron chi connectivity index (χ4n) is 6.02. The molecule has 1 fully saturated rings. The summed E-state index contributed by atoms with van der Waals surface area (Å²) in [6, 6.07) is 12.1. The van der Waals surface area contributed by atoms with E-state index in [1.165, 1.54) is 17.7 Å². The van der Waals surface area contributed by atoms with Crippen LogP contribution in [-0.4, -0.2) is 68.7 Å². The number of aromatic nitrogens is 4. The molecule has 0 spiro atoms. The van der Waals surface area contributed by atoms with Crippen LogP contribution >= 0.6 is 22.9 Å². The molecule has 0 saturated carbocycles. The van der Waals surface area contributed by atoms with E-state index in [0.29, 0.717) is 22.6 Å². The lowest BCUT2D eigenvalue weighted by Crippen LogP contribution is -2.36. The highest BCUT2D eigenvalue weighted by molar-refractivity contribution is 7.22. The number of carbonyl (C=O) groups excluding carboxylic acids is 1. The van der Waals surface area contributed by atoms with Crippen molar-refractivity contribution < 1.29 is 13.9 Å². The van der Waals surface area contributed by atoms with Crippen LogP contribution in [0.15, 0.2) is 55.0 Å². The molecule has 1 saturated heterocycles. The average Bonchev–Trinajstić information content (AvgIpc) is 3.74. The summed E-state index contributed by atoms with van der Waals surface area (Å²) < 4.78 is 21.2. The van der Waals surface area contributed by atoms with E-state index in [1.54, 1.807) is 41.9 Å². The minimum absolute atomic E-state index is 0.115. The van der Waals surface area contributed by atoms with Crippen LogP contribution in [0, 0.1) is 5.82 Å². The first kappa shape index (κ1) is 28.7. The van der Waals surface area contributed by atoms with Crippen LogP contribution in [-0.2, 0) is 30.8 Å². The molecule has 7 rings (SSSR count). The lowest BCUT2D eigenvalue weighted by Gasteiger charge is -2.21. The second-order valence-electron chi connectivity index (χ2n) is 11.4. The van der Waals surface area contributed by atoms with Gasteiger partial charge in [0.15, 0.2) is 0 Å². The lowest BCUT2D eigenvalue weighted by atomic mass is 9.95. The van der Waals surface area contributed by atoms with E-state index in [4.69, 9.17) is 16.3 Å². The number of aryl methyl sites for hydroxylation is 1. The Morgan fingerprint density at radius 3 is 2.89 bits per heavy atom. The second kappa shape index (κ2) is 11.8. The third kappa shape index (κ3) is 5.51. The van der Waals surface area contributed by atoms with Gasteiger partial charge in [0.05, 0.1) is 16.6 Å². The number of hydrogen-bond acceptors (Lipinski definition) is 8. The number of thiophene rings is 1. The molecule has 1 aliphatic heterocycles. The van der Waals surface area contributed by atoms with Crippen LogP contribution in [0.3, 0.4) is 0 Å². The predicted molar refractivity (Wildman–Crippen MR) is 170 cm³/mol. The molecular weight excluding hydrogens is 601 g/mol. The maximum absolute atomic E-state index is 13.5. The number of fused-ring (bicyclic) bond motifs is 5. The fourth-order valence-corrected chi connectivity index (χ4v) is 7.48. The molecule has 1 aliphatic carbocycles. The highest BCUT2D eigenvalue weighted by atomic mass is 35.5. The normalized spacial score (nSPS) is 15.9. The summed E-state index contributed by atoms with van der Waals surface area (Å²) in [7, 11) is 4.13. The largest absolute Gasteiger partial charge is 0.487 e. The summed E-state index contributed by atoms with van der Waals surface area (Å²) in [6.07, 6.45) is 6.01. The molecule has 44 heavy (non-hydrogen) atoms. The first-order chi connectivity index (χ1) is 21.3. The van der Waals surface area contributed by atoms with Crippen molar-refractivity contribution >= 4 is 50.6 Å². The molecular formula is C32H31ClFN7O2S. The van der Waals surface area contributed by atoms with E-state index in [2.05, 4.69) is 39.4 Å². The number of rotatable bonds is 8. The summed E-state index contributed by atoms with van der Waals surface area (Å²) in [6.45, 7) is 2.01. The van der Waals surface area contributed by atoms with Gasteiger partial charge in [0.1, 0.15) is 41.7 Å². The quantitative estimate of drug-likeness (QED) is 0.227. The number of anilines is 2. The Morgan fingerprint density at radius 1 is 1.20 bits per heavy atom. The number of nitrogens with one attached hydrogen (secondary N) is 1. The molecule has 0 bridgehead atoms. The van der Waals surface area contributed by atoms with Crippen molar-refractivity contribution in [2.45, 2.75) is 38.5 Å². The van der Waals surface area contributed by atoms with Crippen LogP contribution in [0.5, 0.6) is 5.75 Å². The van der Waals surface area contributed by atoms with E-state index in [9.17, 15) is 9.18 Å². The number of benzene rings is 2. The van der Waals surface area contributed by atoms with Crippen LogP contribution in [0.1, 0.15) is 23.2 Å². The standard InChI is InChI=1S/C32H31ClFN7O2S/c1-39(2)22-10-11-40(15-22)28(42)16-41-26-8-7-23-29-31(35-18-36-32(29)44-30(23)24(26)14-37-41)38-21-6-9-27(25(33)13-21)43-17-19-4-3-5-20(34)12-19/h3-6,9,12-14,18,22H,7-8,10-11,15-17H2,1-2H3,(H,35,36,38)/t22-/m1/s1. The Kier molecular flexibility index (Phi) is 7.69. The number of halogens is 2. The topological polar surface area (TPSA) is 88.4 Å². The predicted octanol–water partition coefficient (Wildman–Crippen LogP) is 5.93. The molecule has 3 aromatic heterocycles. The minimum Gasteiger partial charge on any atom is -0.487 e. The van der Waals surface area contributed by atoms with E-state index in [-0.39, 0.29) is 24.9 Å². The molecule has 2 aromatic carbocycles. The van der Waals surface area contributed by atoms with E-state index < -0.39 is 0 Å². The first-order valence-corrected chi connectivity index (χ1v) is 15.7. The number of nitrogens with zero attached hydrogens (tertiary/aromatic N) is 6. The molecule has 9 nitrogen and oxygen atoms in total. The van der Waals surface area contributed by atoms with Gasteiger partial charge in [-0.05, 0) is 74.8 Å². The summed E-state index contributed by atoms with van der Waals surface area (Å²) in [4.78, 5) is 28.4. The zero-order chi connectivity index (χ0) is 30.4. The first-order valence-electron chi connectivity index (χ1n) is 14.5. The Hall–Kier alpha value is -4.06. The monoisotopic (exact) mass is 631 g/mol. The molecule has 1 atom stereocenters. The zero-order valence-corrected chi connectivity index (χ0v) is 26.0. The van der Waals surface area contributed by atoms with E-state index in [0.717, 1.165) is 70.0 Å². The summed E-state index contributed by atoms with van der Waals surface area (Å²) in [5.41, 5.74) is 4.81. The van der Waals surface area contributed by atoms with Crippen LogP contribution in [0.4, 0.5) is 15.9 Å². The lowest BCUT2D eigenvalue weighted by molar-refractivity contribution is -0.131. The van der Waals surface area contributed by atoms with Crippen molar-refractivity contribution in [3.8, 4) is 16.2 Å². The van der Waals surface area contributed by atoms with Crippen molar-refractivity contribution in [3.05, 3.63) is 82.6 Å². The highest BCUT2D eigenvalue weighted by Gasteiger charge is 2.30. The number of ether oxygens (including phenoxy) is 1. The van der Waals surface area contributed by atoms with Gasteiger partial charge in [0, 0.05) is 41.0 Å². The summed E-state index contributed by atoms with van der Waals surface area (Å²) in [5.74, 6) is 1.02. The van der Waals surface area contributed by atoms with Gasteiger partial charge in [-0.3, -0.25) is 9.48 Å². The number of carbonyl (C=O) groups is 1. The van der Waals surface area contributed by atoms with Crippen LogP contribution < -0.4 is 10.1 Å². The Balaban J connectivity index is 1.10. The summed E-state index contributed by atoms with van der Waals surface area (Å²) >= 11 is 8.18. The minimum atomic E-state index is -0.306. The van der Waals surface area contributed by atoms with Crippen molar-refractivity contribution in [2.24, 2.45) is 0 Å². The molecule has 1 amide bonds. The summed E-state index contributed by atoms with van der Waals surface area (Å²) in [5, 5.41) is 9.48. The van der Waals surface area contributed by atoms with Gasteiger partial charge in [0.2, 0.25) is 5.91 Å². The van der Waals surface area contributed by atoms with Gasteiger partial charge in [-0.2, -0.15) is 5.10 Å². The van der Waals surface area contributed by atoms with Crippen molar-refractivity contribution in [1.29, 1.82) is 0 Å². The van der Waals surface area contributed by atoms with Crippen molar-refractivity contribution in [2.75, 3.05) is 32.5 Å². The smallest absolute Gasteiger partial charge is 0.244 e. The SMILES string of the molecule is CN(C)[C@@H]1CCN(C(=O)Cn2ncc3c2CCc2c-3sc3ncnc(Nc4ccc(OCc5cccc(F)c5)c(Cl)c4)c23)C1. The van der Waals surface area contributed by atoms with Gasteiger partial charge in [0.25, 0.3) is 0 Å². The van der Waals surface area contributed by atoms with Crippen LogP contribution in [0.25, 0.3) is 20.7 Å². The molecule has 4 heterocycles. The van der Waals surface area contributed by atoms with Gasteiger partial charge in [-0.15, -0.1) is 11.3 Å². The average molecular weight is 632 g/mol. The highest BCUT2D eigenvalue weighted by Crippen LogP contribution is 2.45. The van der Waals surface area contributed by atoms with Gasteiger partial charge >= 0.3 is 0 Å². The third-order valence-corrected chi connectivity index (χ3v) is 9.87. The van der Waals surface area contributed by atoms with Gasteiger partial charge in [-0.25, -0.2) is 14.4 Å². The Labute approximate surface area is 263 Å². The molecule has 226 valence electrons. The van der Waals surface area contributed by atoms with Crippen LogP contribution in [0.2, 0.25) is 5.02 Å². The van der Waals surface area contributed by atoms with Gasteiger partial charge in [-0.1, -0.05) is 23.7 Å². The number of likely N-dealkylation sites (N-methyl/N-ethyl adjacent to an activating group) is 1. The zero-order valence-electron chi connectivity index (χ0n) is 24.4. The van der Waals surface area contributed by atoms with Crippen molar-refractivity contribution in [3.63, 3.8) is 0 Å². The molecule has 0 unspecified atom stereocenters. The Morgan fingerprint density at radius 2 is 2.09 bits per heavy atom. The van der Waals surface area contributed by atoms with E-state index >= 15 is 0 Å². The molecule has 5 aromatic rings. The maximum Gasteiger partial charge on any atom is 0.244 e. The molecule has 12 heteroatoms. The number of hydrogen-bond donors (Lipinski definition) is 1. The molecule has 2 aliphatic rings. The second-order valence-corrected chi connectivity index (χ2v) is 12.8. The third-order valence-electron chi connectivity index (χ3n) is 8.40. The van der Waals surface area contributed by atoms with Gasteiger partial charge < -0.3 is 19.9 Å². The van der Waals surface area contributed by atoms with E-state index in [1.807, 2.05) is 21.8 Å². The Bertz CT molecular complexity index is 1870. The number of amides is 1. The molecule has 1 N–H and O–H groups in total. The fraction of sp³-hybridized carbons (Fsp3) is 0.312. The molecule has 0 radical (unpaired) electrons. The maximum atomic E-state index is 13.5.